The summed E-state index contributed by atoms with van der Waals surface area (Å²) in [6, 6.07) is 22.1. The van der Waals surface area contributed by atoms with Crippen LogP contribution < -0.4 is 4.74 Å². The molecular weight excluding hydrogens is 378 g/mol. The molecule has 1 amide bonds. The largest absolute Gasteiger partial charge is 0.426 e. The van der Waals surface area contributed by atoms with Crippen LogP contribution in [0.15, 0.2) is 72.9 Å². The Morgan fingerprint density at radius 1 is 1.07 bits per heavy atom. The van der Waals surface area contributed by atoms with E-state index in [0.29, 0.717) is 24.4 Å². The van der Waals surface area contributed by atoms with Crippen LogP contribution >= 0.6 is 0 Å². The van der Waals surface area contributed by atoms with Crippen LogP contribution in [-0.4, -0.2) is 28.3 Å². The predicted octanol–water partition coefficient (Wildman–Crippen LogP) is 3.57. The van der Waals surface area contributed by atoms with Gasteiger partial charge >= 0.3 is 5.97 Å². The summed E-state index contributed by atoms with van der Waals surface area (Å²) < 4.78 is 5.50. The summed E-state index contributed by atoms with van der Waals surface area (Å²) in [5.74, 6) is -0.524. The van der Waals surface area contributed by atoms with Gasteiger partial charge in [0, 0.05) is 19.2 Å². The molecule has 3 aromatic rings. The Morgan fingerprint density at radius 2 is 1.77 bits per heavy atom. The summed E-state index contributed by atoms with van der Waals surface area (Å²) >= 11 is 0. The van der Waals surface area contributed by atoms with E-state index in [-0.39, 0.29) is 12.3 Å². The smallest absolute Gasteiger partial charge is 0.316 e. The van der Waals surface area contributed by atoms with Gasteiger partial charge < -0.3 is 9.64 Å². The van der Waals surface area contributed by atoms with Crippen LogP contribution in [-0.2, 0) is 16.1 Å². The maximum atomic E-state index is 12.5. The molecule has 1 unspecified atom stereocenters. The Bertz CT molecular complexity index is 1090. The maximum absolute atomic E-state index is 12.5. The van der Waals surface area contributed by atoms with Gasteiger partial charge in [-0.05, 0) is 47.5 Å². The Hall–Kier alpha value is -3.98. The summed E-state index contributed by atoms with van der Waals surface area (Å²) in [6.07, 6.45) is 1.83. The predicted molar refractivity (Wildman–Crippen MR) is 110 cm³/mol. The van der Waals surface area contributed by atoms with Gasteiger partial charge in [0.2, 0.25) is 5.91 Å². The van der Waals surface area contributed by atoms with Gasteiger partial charge in [0.1, 0.15) is 5.75 Å². The second kappa shape index (κ2) is 8.58. The minimum atomic E-state index is -0.487. The number of nitriles is 1. The number of aromatic nitrogens is 1. The third-order valence-electron chi connectivity index (χ3n) is 5.05. The molecule has 6 heteroatoms. The average molecular weight is 397 g/mol. The average Bonchev–Trinajstić information content (AvgIpc) is 3.15. The van der Waals surface area contributed by atoms with Crippen molar-refractivity contribution in [3.8, 4) is 22.9 Å². The molecule has 1 aliphatic rings. The van der Waals surface area contributed by atoms with Crippen LogP contribution in [0, 0.1) is 17.2 Å². The summed E-state index contributed by atoms with van der Waals surface area (Å²) in [4.78, 5) is 30.7. The molecule has 6 nitrogen and oxygen atoms in total. The number of likely N-dealkylation sites (tertiary alicyclic amines) is 1. The van der Waals surface area contributed by atoms with Crippen molar-refractivity contribution >= 4 is 11.9 Å². The summed E-state index contributed by atoms with van der Waals surface area (Å²) in [5.41, 5.74) is 3.32. The molecule has 2 heterocycles. The molecule has 0 spiro atoms. The molecule has 1 aromatic heterocycles. The first kappa shape index (κ1) is 19.3. The molecular formula is C24H19N3O3. The van der Waals surface area contributed by atoms with Gasteiger partial charge in [0.05, 0.1) is 29.8 Å². The summed E-state index contributed by atoms with van der Waals surface area (Å²) in [7, 11) is 0. The molecule has 1 fully saturated rings. The SMILES string of the molecule is N#Cc1ccc(-c2ccc(OC(=O)C3CC(=O)N(Cc4ccccn4)C3)cc2)cc1. The van der Waals surface area contributed by atoms with Gasteiger partial charge in [0.15, 0.2) is 0 Å². The topological polar surface area (TPSA) is 83.3 Å². The molecule has 2 aromatic carbocycles. The fourth-order valence-electron chi connectivity index (χ4n) is 3.42. The van der Waals surface area contributed by atoms with Crippen molar-refractivity contribution in [1.82, 2.24) is 9.88 Å². The molecule has 0 bridgehead atoms. The first-order chi connectivity index (χ1) is 14.6. The molecule has 0 radical (unpaired) electrons. The maximum Gasteiger partial charge on any atom is 0.316 e. The Kier molecular flexibility index (Phi) is 5.53. The lowest BCUT2D eigenvalue weighted by Crippen LogP contribution is -2.27. The van der Waals surface area contributed by atoms with Crippen LogP contribution in [0.4, 0.5) is 0 Å². The highest BCUT2D eigenvalue weighted by Gasteiger charge is 2.35. The van der Waals surface area contributed by atoms with Crippen molar-refractivity contribution in [3.63, 3.8) is 0 Å². The molecule has 1 saturated heterocycles. The van der Waals surface area contributed by atoms with Crippen LogP contribution in [0.5, 0.6) is 5.75 Å². The molecule has 0 saturated carbocycles. The van der Waals surface area contributed by atoms with Gasteiger partial charge in [-0.3, -0.25) is 14.6 Å². The number of esters is 1. The molecule has 1 atom stereocenters. The number of rotatable bonds is 5. The molecule has 0 N–H and O–H groups in total. The standard InChI is InChI=1S/C24H19N3O3/c25-14-17-4-6-18(7-5-17)19-8-10-22(11-9-19)30-24(29)20-13-23(28)27(15-20)16-21-3-1-2-12-26-21/h1-12,20H,13,15-16H2. The van der Waals surface area contributed by atoms with E-state index in [4.69, 9.17) is 10.00 Å². The highest BCUT2D eigenvalue weighted by molar-refractivity contribution is 5.87. The summed E-state index contributed by atoms with van der Waals surface area (Å²) in [5, 5.41) is 8.89. The first-order valence-corrected chi connectivity index (χ1v) is 9.62. The van der Waals surface area contributed by atoms with E-state index in [1.165, 1.54) is 0 Å². The van der Waals surface area contributed by atoms with Crippen molar-refractivity contribution in [3.05, 3.63) is 84.2 Å². The van der Waals surface area contributed by atoms with Crippen molar-refractivity contribution in [2.24, 2.45) is 5.92 Å². The van der Waals surface area contributed by atoms with Crippen molar-refractivity contribution < 1.29 is 14.3 Å². The molecule has 1 aliphatic heterocycles. The number of carbonyl (C=O) groups excluding carboxylic acids is 2. The fourth-order valence-corrected chi connectivity index (χ4v) is 3.42. The minimum Gasteiger partial charge on any atom is -0.426 e. The second-order valence-electron chi connectivity index (χ2n) is 7.13. The molecule has 30 heavy (non-hydrogen) atoms. The Labute approximate surface area is 174 Å². The zero-order valence-corrected chi connectivity index (χ0v) is 16.2. The van der Waals surface area contributed by atoms with E-state index in [1.54, 1.807) is 35.4 Å². The number of pyridine rings is 1. The van der Waals surface area contributed by atoms with E-state index < -0.39 is 11.9 Å². The van der Waals surface area contributed by atoms with E-state index in [2.05, 4.69) is 11.1 Å². The van der Waals surface area contributed by atoms with E-state index in [9.17, 15) is 9.59 Å². The van der Waals surface area contributed by atoms with Gasteiger partial charge in [-0.1, -0.05) is 30.3 Å². The number of hydrogen-bond donors (Lipinski definition) is 0. The lowest BCUT2D eigenvalue weighted by molar-refractivity contribution is -0.139. The van der Waals surface area contributed by atoms with Crippen LogP contribution in [0.3, 0.4) is 0 Å². The lowest BCUT2D eigenvalue weighted by Gasteiger charge is -2.15. The number of hydrogen-bond acceptors (Lipinski definition) is 5. The molecule has 148 valence electrons. The van der Waals surface area contributed by atoms with Crippen molar-refractivity contribution in [2.45, 2.75) is 13.0 Å². The zero-order valence-electron chi connectivity index (χ0n) is 16.2. The quantitative estimate of drug-likeness (QED) is 0.485. The zero-order chi connectivity index (χ0) is 20.9. The van der Waals surface area contributed by atoms with Crippen LogP contribution in [0.1, 0.15) is 17.7 Å². The summed E-state index contributed by atoms with van der Waals surface area (Å²) in [6.45, 7) is 0.723. The van der Waals surface area contributed by atoms with Gasteiger partial charge in [-0.25, -0.2) is 0 Å². The second-order valence-corrected chi connectivity index (χ2v) is 7.13. The van der Waals surface area contributed by atoms with E-state index >= 15 is 0 Å². The van der Waals surface area contributed by atoms with Gasteiger partial charge in [-0.2, -0.15) is 5.26 Å². The van der Waals surface area contributed by atoms with Gasteiger partial charge in [-0.15, -0.1) is 0 Å². The number of benzene rings is 2. The highest BCUT2D eigenvalue weighted by Crippen LogP contribution is 2.25. The van der Waals surface area contributed by atoms with Gasteiger partial charge in [0.25, 0.3) is 0 Å². The number of ether oxygens (including phenoxy) is 1. The number of carbonyl (C=O) groups is 2. The first-order valence-electron chi connectivity index (χ1n) is 9.62. The Balaban J connectivity index is 1.36. The Morgan fingerprint density at radius 3 is 2.40 bits per heavy atom. The fraction of sp³-hybridized carbons (Fsp3) is 0.167. The van der Waals surface area contributed by atoms with Crippen molar-refractivity contribution in [1.29, 1.82) is 5.26 Å². The van der Waals surface area contributed by atoms with Crippen LogP contribution in [0.25, 0.3) is 11.1 Å². The minimum absolute atomic E-state index is 0.0706. The monoisotopic (exact) mass is 397 g/mol. The molecule has 4 rings (SSSR count). The number of nitrogens with zero attached hydrogens (tertiary/aromatic N) is 3. The van der Waals surface area contributed by atoms with E-state index in [1.807, 2.05) is 42.5 Å². The number of amides is 1. The van der Waals surface area contributed by atoms with Crippen molar-refractivity contribution in [2.75, 3.05) is 6.54 Å². The highest BCUT2D eigenvalue weighted by atomic mass is 16.5. The van der Waals surface area contributed by atoms with E-state index in [0.717, 1.165) is 16.8 Å². The molecule has 0 aliphatic carbocycles. The third kappa shape index (κ3) is 4.36. The lowest BCUT2D eigenvalue weighted by atomic mass is 10.0. The van der Waals surface area contributed by atoms with Crippen LogP contribution in [0.2, 0.25) is 0 Å². The third-order valence-corrected chi connectivity index (χ3v) is 5.05. The normalized spacial score (nSPS) is 15.6.